The first-order valence-electron chi connectivity index (χ1n) is 16.4. The van der Waals surface area contributed by atoms with E-state index in [0.29, 0.717) is 23.3 Å². The average molecular weight is 628 g/mol. The summed E-state index contributed by atoms with van der Waals surface area (Å²) in [5.74, 6) is 2.48. The lowest BCUT2D eigenvalue weighted by atomic mass is 9.69. The minimum atomic E-state index is -0.604. The van der Waals surface area contributed by atoms with Crippen LogP contribution in [0.2, 0.25) is 0 Å². The Kier molecular flexibility index (Phi) is 6.95. The monoisotopic (exact) mass is 627 g/mol. The Labute approximate surface area is 284 Å². The van der Waals surface area contributed by atoms with Gasteiger partial charge >= 0.3 is 0 Å². The zero-order valence-electron chi connectivity index (χ0n) is 26.5. The molecule has 0 atom stereocenters. The van der Waals surface area contributed by atoms with Crippen molar-refractivity contribution in [2.45, 2.75) is 5.41 Å². The van der Waals surface area contributed by atoms with Crippen LogP contribution in [-0.4, -0.2) is 24.9 Å². The van der Waals surface area contributed by atoms with Gasteiger partial charge in [-0.2, -0.15) is 0 Å². The summed E-state index contributed by atoms with van der Waals surface area (Å²) in [6, 6.07) is 58.2. The smallest absolute Gasteiger partial charge is 0.164 e. The van der Waals surface area contributed by atoms with Gasteiger partial charge in [0.1, 0.15) is 0 Å². The summed E-state index contributed by atoms with van der Waals surface area (Å²) in [4.78, 5) is 25.2. The van der Waals surface area contributed by atoms with Crippen molar-refractivity contribution in [3.8, 4) is 56.7 Å². The molecule has 49 heavy (non-hydrogen) atoms. The van der Waals surface area contributed by atoms with Gasteiger partial charge in [0.25, 0.3) is 0 Å². The van der Waals surface area contributed by atoms with Gasteiger partial charge in [-0.3, -0.25) is 0 Å². The van der Waals surface area contributed by atoms with Crippen LogP contribution in [-0.2, 0) is 5.41 Å². The van der Waals surface area contributed by atoms with Crippen LogP contribution < -0.4 is 0 Å². The maximum absolute atomic E-state index is 5.45. The van der Waals surface area contributed by atoms with Crippen molar-refractivity contribution in [2.24, 2.45) is 0 Å². The lowest BCUT2D eigenvalue weighted by Crippen LogP contribution is -2.29. The second-order valence-corrected chi connectivity index (χ2v) is 12.1. The molecule has 0 spiro atoms. The molecule has 0 bridgehead atoms. The van der Waals surface area contributed by atoms with E-state index in [1.807, 2.05) is 79.0 Å². The van der Waals surface area contributed by atoms with Crippen LogP contribution in [0.25, 0.3) is 56.7 Å². The fourth-order valence-electron chi connectivity index (χ4n) is 7.04. The van der Waals surface area contributed by atoms with Crippen molar-refractivity contribution in [3.05, 3.63) is 198 Å². The highest BCUT2D eigenvalue weighted by Crippen LogP contribution is 2.55. The number of rotatable bonds is 6. The number of fused-ring (bicyclic) bond motifs is 3. The van der Waals surface area contributed by atoms with Gasteiger partial charge < -0.3 is 0 Å². The zero-order chi connectivity index (χ0) is 32.6. The maximum atomic E-state index is 5.45. The molecule has 2 aromatic heterocycles. The van der Waals surface area contributed by atoms with Crippen LogP contribution in [0.1, 0.15) is 22.4 Å². The van der Waals surface area contributed by atoms with Crippen LogP contribution in [0, 0.1) is 0 Å². The molecule has 9 rings (SSSR count). The Bertz CT molecular complexity index is 2330. The van der Waals surface area contributed by atoms with E-state index in [2.05, 4.69) is 97.1 Å². The van der Waals surface area contributed by atoms with Gasteiger partial charge in [-0.05, 0) is 28.3 Å². The minimum absolute atomic E-state index is 0.589. The molecule has 5 nitrogen and oxygen atoms in total. The third-order valence-corrected chi connectivity index (χ3v) is 9.26. The summed E-state index contributed by atoms with van der Waals surface area (Å²) in [6.07, 6.45) is 1.99. The quantitative estimate of drug-likeness (QED) is 0.184. The summed E-state index contributed by atoms with van der Waals surface area (Å²) in [6.45, 7) is 0. The van der Waals surface area contributed by atoms with E-state index in [-0.39, 0.29) is 0 Å². The number of nitrogens with zero attached hydrogens (tertiary/aromatic N) is 5. The summed E-state index contributed by atoms with van der Waals surface area (Å²) in [7, 11) is 0. The topological polar surface area (TPSA) is 64.5 Å². The third-order valence-electron chi connectivity index (χ3n) is 9.26. The maximum Gasteiger partial charge on any atom is 0.164 e. The molecule has 0 N–H and O–H groups in total. The third kappa shape index (κ3) is 4.83. The summed E-state index contributed by atoms with van der Waals surface area (Å²) < 4.78 is 0. The highest BCUT2D eigenvalue weighted by molar-refractivity contribution is 5.85. The van der Waals surface area contributed by atoms with Crippen molar-refractivity contribution < 1.29 is 0 Å². The van der Waals surface area contributed by atoms with E-state index in [0.717, 1.165) is 50.2 Å². The van der Waals surface area contributed by atoms with Gasteiger partial charge in [0.05, 0.1) is 11.1 Å². The minimum Gasteiger partial charge on any atom is -0.236 e. The van der Waals surface area contributed by atoms with Crippen LogP contribution >= 0.6 is 0 Å². The number of hydrogen-bond acceptors (Lipinski definition) is 5. The second-order valence-electron chi connectivity index (χ2n) is 12.1. The molecule has 0 fully saturated rings. The average Bonchev–Trinajstić information content (AvgIpc) is 3.49. The van der Waals surface area contributed by atoms with E-state index in [4.69, 9.17) is 24.9 Å². The van der Waals surface area contributed by atoms with E-state index in [1.54, 1.807) is 0 Å². The largest absolute Gasteiger partial charge is 0.236 e. The normalized spacial score (nSPS) is 12.7. The second kappa shape index (κ2) is 11.9. The Hall–Kier alpha value is -6.59. The number of hydrogen-bond donors (Lipinski definition) is 0. The predicted molar refractivity (Wildman–Crippen MR) is 194 cm³/mol. The van der Waals surface area contributed by atoms with Gasteiger partial charge in [-0.1, -0.05) is 164 Å². The number of benzene rings is 6. The van der Waals surface area contributed by atoms with Gasteiger partial charge in [0, 0.05) is 34.0 Å². The molecule has 6 aromatic carbocycles. The van der Waals surface area contributed by atoms with Crippen molar-refractivity contribution in [2.75, 3.05) is 0 Å². The molecule has 1 aliphatic carbocycles. The van der Waals surface area contributed by atoms with Crippen LogP contribution in [0.5, 0.6) is 0 Å². The van der Waals surface area contributed by atoms with E-state index in [1.165, 1.54) is 5.56 Å². The SMILES string of the molecule is c1ccc(-c2nc(-c3ccccc3)nc(-c3cccc(-c4ncc5c(n4)C(c4ccccc4)(c4ccccc4)c4ccccc4-5)c3)n2)cc1. The number of aromatic nitrogens is 5. The Morgan fingerprint density at radius 2 is 0.796 bits per heavy atom. The van der Waals surface area contributed by atoms with Gasteiger partial charge in [-0.15, -0.1) is 0 Å². The van der Waals surface area contributed by atoms with E-state index in [9.17, 15) is 0 Å². The van der Waals surface area contributed by atoms with Crippen LogP contribution in [0.4, 0.5) is 0 Å². The summed E-state index contributed by atoms with van der Waals surface area (Å²) in [5.41, 5.74) is 9.70. The molecule has 0 saturated heterocycles. The molecule has 0 unspecified atom stereocenters. The molecule has 1 aliphatic rings. The Morgan fingerprint density at radius 3 is 1.37 bits per heavy atom. The molecule has 0 radical (unpaired) electrons. The Morgan fingerprint density at radius 1 is 0.347 bits per heavy atom. The van der Waals surface area contributed by atoms with E-state index < -0.39 is 5.41 Å². The molecule has 230 valence electrons. The van der Waals surface area contributed by atoms with Crippen molar-refractivity contribution in [3.63, 3.8) is 0 Å². The molecular formula is C44H29N5. The highest BCUT2D eigenvalue weighted by atomic mass is 15.0. The van der Waals surface area contributed by atoms with Crippen LogP contribution in [0.3, 0.4) is 0 Å². The predicted octanol–water partition coefficient (Wildman–Crippen LogP) is 9.69. The fraction of sp³-hybridized carbons (Fsp3) is 0.0227. The first-order valence-corrected chi connectivity index (χ1v) is 16.4. The van der Waals surface area contributed by atoms with Crippen molar-refractivity contribution >= 4 is 0 Å². The molecule has 8 aromatic rings. The van der Waals surface area contributed by atoms with Gasteiger partial charge in [0.2, 0.25) is 0 Å². The van der Waals surface area contributed by atoms with Crippen molar-refractivity contribution in [1.29, 1.82) is 0 Å². The van der Waals surface area contributed by atoms with Gasteiger partial charge in [-0.25, -0.2) is 24.9 Å². The molecule has 0 saturated carbocycles. The lowest BCUT2D eigenvalue weighted by Gasteiger charge is -2.32. The molecular weight excluding hydrogens is 599 g/mol. The van der Waals surface area contributed by atoms with Crippen molar-refractivity contribution in [1.82, 2.24) is 24.9 Å². The Balaban J connectivity index is 1.22. The zero-order valence-corrected chi connectivity index (χ0v) is 26.5. The summed E-state index contributed by atoms with van der Waals surface area (Å²) in [5, 5.41) is 0. The molecule has 5 heteroatoms. The lowest BCUT2D eigenvalue weighted by molar-refractivity contribution is 0.736. The first kappa shape index (κ1) is 28.6. The van der Waals surface area contributed by atoms with Gasteiger partial charge in [0.15, 0.2) is 23.3 Å². The molecule has 2 heterocycles. The highest BCUT2D eigenvalue weighted by Gasteiger charge is 2.47. The summed E-state index contributed by atoms with van der Waals surface area (Å²) >= 11 is 0. The van der Waals surface area contributed by atoms with Crippen LogP contribution in [0.15, 0.2) is 176 Å². The molecule has 0 aliphatic heterocycles. The standard InChI is InChI=1S/C44H29N5/c1-5-16-30(17-6-1)41-47-42(31-18-7-2-8-19-31)49-43(48-41)33-21-15-20-32(28-33)40-45-29-37-36-26-13-14-27-38(36)44(39(37)46-40,34-22-9-3-10-23-34)35-24-11-4-12-25-35/h1-29H. The van der Waals surface area contributed by atoms with E-state index >= 15 is 0 Å². The molecule has 0 amide bonds. The first-order chi connectivity index (χ1) is 24.3. The fourth-order valence-corrected chi connectivity index (χ4v) is 7.04.